The highest BCUT2D eigenvalue weighted by Crippen LogP contribution is 2.29. The molecule has 18 heavy (non-hydrogen) atoms. The highest BCUT2D eigenvalue weighted by molar-refractivity contribution is 5.55. The first-order chi connectivity index (χ1) is 8.70. The van der Waals surface area contributed by atoms with Gasteiger partial charge in [0.05, 0.1) is 0 Å². The van der Waals surface area contributed by atoms with Crippen molar-refractivity contribution in [3.05, 3.63) is 29.8 Å². The number of hydrogen-bond acceptors (Lipinski definition) is 2. The summed E-state index contributed by atoms with van der Waals surface area (Å²) in [6.45, 7) is 7.02. The lowest BCUT2D eigenvalue weighted by molar-refractivity contribution is 0.499. The average molecular weight is 246 g/mol. The van der Waals surface area contributed by atoms with Gasteiger partial charge in [0.15, 0.2) is 0 Å². The number of nitrogens with zero attached hydrogens (tertiary/aromatic N) is 1. The first kappa shape index (κ1) is 13.4. The van der Waals surface area contributed by atoms with E-state index in [1.807, 2.05) is 7.05 Å². The second kappa shape index (κ2) is 6.24. The molecule has 2 atom stereocenters. The molecule has 1 aromatic rings. The largest absolute Gasteiger partial charge is 0.371 e. The van der Waals surface area contributed by atoms with Crippen LogP contribution in [0.4, 0.5) is 5.69 Å². The number of anilines is 1. The van der Waals surface area contributed by atoms with Crippen LogP contribution in [0, 0.1) is 5.92 Å². The first-order valence-electron chi connectivity index (χ1n) is 7.21. The molecular formula is C16H26N2. The predicted molar refractivity (Wildman–Crippen MR) is 79.3 cm³/mol. The molecule has 0 radical (unpaired) electrons. The van der Waals surface area contributed by atoms with Gasteiger partial charge in [-0.1, -0.05) is 25.1 Å². The van der Waals surface area contributed by atoms with E-state index in [0.717, 1.165) is 5.92 Å². The Kier molecular flexibility index (Phi) is 4.65. The Labute approximate surface area is 111 Å². The van der Waals surface area contributed by atoms with Crippen molar-refractivity contribution in [3.8, 4) is 0 Å². The number of benzene rings is 1. The second-order valence-corrected chi connectivity index (χ2v) is 5.72. The van der Waals surface area contributed by atoms with E-state index in [1.165, 1.54) is 43.6 Å². The van der Waals surface area contributed by atoms with E-state index in [-0.39, 0.29) is 0 Å². The molecule has 0 saturated heterocycles. The Balaban J connectivity index is 1.96. The molecule has 2 heteroatoms. The Hall–Kier alpha value is -1.02. The van der Waals surface area contributed by atoms with Crippen molar-refractivity contribution in [2.24, 2.45) is 5.92 Å². The van der Waals surface area contributed by atoms with Gasteiger partial charge in [0.1, 0.15) is 0 Å². The lowest BCUT2D eigenvalue weighted by Crippen LogP contribution is -2.35. The molecule has 0 amide bonds. The van der Waals surface area contributed by atoms with Crippen molar-refractivity contribution in [3.63, 3.8) is 0 Å². The van der Waals surface area contributed by atoms with E-state index in [2.05, 4.69) is 48.3 Å². The van der Waals surface area contributed by atoms with Crippen molar-refractivity contribution in [1.29, 1.82) is 0 Å². The molecule has 0 spiro atoms. The molecule has 2 unspecified atom stereocenters. The van der Waals surface area contributed by atoms with Gasteiger partial charge in [-0.2, -0.15) is 0 Å². The molecule has 0 saturated carbocycles. The average Bonchev–Trinajstić information content (AvgIpc) is 2.38. The molecule has 2 rings (SSSR count). The van der Waals surface area contributed by atoms with Crippen LogP contribution in [-0.2, 0) is 6.42 Å². The van der Waals surface area contributed by atoms with E-state index in [9.17, 15) is 0 Å². The van der Waals surface area contributed by atoms with Gasteiger partial charge in [0.25, 0.3) is 0 Å². The highest BCUT2D eigenvalue weighted by atomic mass is 15.1. The van der Waals surface area contributed by atoms with E-state index in [1.54, 1.807) is 0 Å². The van der Waals surface area contributed by atoms with Crippen molar-refractivity contribution >= 4 is 5.69 Å². The summed E-state index contributed by atoms with van der Waals surface area (Å²) in [6.07, 6.45) is 3.76. The minimum absolute atomic E-state index is 0.627. The molecule has 0 bridgehead atoms. The molecule has 1 heterocycles. The van der Waals surface area contributed by atoms with E-state index >= 15 is 0 Å². The van der Waals surface area contributed by atoms with Crippen LogP contribution in [-0.4, -0.2) is 26.2 Å². The minimum Gasteiger partial charge on any atom is -0.371 e. The molecule has 1 aliphatic rings. The zero-order valence-electron chi connectivity index (χ0n) is 11.9. The summed E-state index contributed by atoms with van der Waals surface area (Å²) in [7, 11) is 2.04. The van der Waals surface area contributed by atoms with Gasteiger partial charge in [-0.3, -0.25) is 0 Å². The topological polar surface area (TPSA) is 15.3 Å². The van der Waals surface area contributed by atoms with Gasteiger partial charge in [-0.15, -0.1) is 0 Å². The van der Waals surface area contributed by atoms with Gasteiger partial charge < -0.3 is 10.2 Å². The summed E-state index contributed by atoms with van der Waals surface area (Å²) in [6, 6.07) is 9.52. The lowest BCUT2D eigenvalue weighted by Gasteiger charge is -2.35. The number of para-hydroxylation sites is 1. The molecule has 100 valence electrons. The Morgan fingerprint density at radius 3 is 2.94 bits per heavy atom. The molecule has 0 aromatic heterocycles. The molecule has 0 fully saturated rings. The Morgan fingerprint density at radius 2 is 2.17 bits per heavy atom. The van der Waals surface area contributed by atoms with Gasteiger partial charge in [-0.05, 0) is 50.8 Å². The Morgan fingerprint density at radius 1 is 1.39 bits per heavy atom. The van der Waals surface area contributed by atoms with Crippen LogP contribution in [0.25, 0.3) is 0 Å². The fourth-order valence-corrected chi connectivity index (χ4v) is 2.85. The van der Waals surface area contributed by atoms with Crippen LogP contribution in [0.1, 0.15) is 32.3 Å². The van der Waals surface area contributed by atoms with Gasteiger partial charge in [-0.25, -0.2) is 0 Å². The fourth-order valence-electron chi connectivity index (χ4n) is 2.85. The third-order valence-corrected chi connectivity index (χ3v) is 3.99. The molecule has 1 aromatic carbocycles. The molecule has 1 N–H and O–H groups in total. The maximum Gasteiger partial charge on any atom is 0.0398 e. The number of fused-ring (bicyclic) bond motifs is 1. The van der Waals surface area contributed by atoms with Crippen LogP contribution in [0.3, 0.4) is 0 Å². The fraction of sp³-hybridized carbons (Fsp3) is 0.625. The third-order valence-electron chi connectivity index (χ3n) is 3.99. The van der Waals surface area contributed by atoms with Crippen LogP contribution in [0.15, 0.2) is 24.3 Å². The molecule has 1 aliphatic heterocycles. The SMILES string of the molecule is CNC(C)CCCN1CC(C)Cc2ccccc21. The first-order valence-corrected chi connectivity index (χ1v) is 7.21. The summed E-state index contributed by atoms with van der Waals surface area (Å²) in [5, 5.41) is 3.31. The summed E-state index contributed by atoms with van der Waals surface area (Å²) < 4.78 is 0. The van der Waals surface area contributed by atoms with Crippen molar-refractivity contribution in [1.82, 2.24) is 5.32 Å². The highest BCUT2D eigenvalue weighted by Gasteiger charge is 2.20. The zero-order chi connectivity index (χ0) is 13.0. The maximum absolute atomic E-state index is 3.31. The van der Waals surface area contributed by atoms with Crippen molar-refractivity contribution in [2.75, 3.05) is 25.0 Å². The summed E-state index contributed by atoms with van der Waals surface area (Å²) in [4.78, 5) is 2.58. The lowest BCUT2D eigenvalue weighted by atomic mass is 9.93. The monoisotopic (exact) mass is 246 g/mol. The number of hydrogen-bond donors (Lipinski definition) is 1. The van der Waals surface area contributed by atoms with Gasteiger partial charge in [0, 0.05) is 24.8 Å². The van der Waals surface area contributed by atoms with E-state index in [0.29, 0.717) is 6.04 Å². The predicted octanol–water partition coefficient (Wildman–Crippen LogP) is 3.07. The maximum atomic E-state index is 3.31. The smallest absolute Gasteiger partial charge is 0.0398 e. The minimum atomic E-state index is 0.627. The molecule has 2 nitrogen and oxygen atoms in total. The van der Waals surface area contributed by atoms with Crippen LogP contribution in [0.5, 0.6) is 0 Å². The van der Waals surface area contributed by atoms with Crippen LogP contribution in [0.2, 0.25) is 0 Å². The standard InChI is InChI=1S/C16H26N2/c1-13-11-15-8-4-5-9-16(15)18(12-13)10-6-7-14(2)17-3/h4-5,8-9,13-14,17H,6-7,10-12H2,1-3H3. The van der Waals surface area contributed by atoms with Gasteiger partial charge in [0.2, 0.25) is 0 Å². The quantitative estimate of drug-likeness (QED) is 0.859. The second-order valence-electron chi connectivity index (χ2n) is 5.72. The van der Waals surface area contributed by atoms with Gasteiger partial charge >= 0.3 is 0 Å². The molecule has 0 aliphatic carbocycles. The Bertz CT molecular complexity index is 375. The number of rotatable bonds is 5. The number of nitrogens with one attached hydrogen (secondary N) is 1. The van der Waals surface area contributed by atoms with Crippen LogP contribution < -0.4 is 10.2 Å². The molecular weight excluding hydrogens is 220 g/mol. The van der Waals surface area contributed by atoms with E-state index in [4.69, 9.17) is 0 Å². The van der Waals surface area contributed by atoms with Crippen molar-refractivity contribution in [2.45, 2.75) is 39.2 Å². The van der Waals surface area contributed by atoms with E-state index < -0.39 is 0 Å². The third kappa shape index (κ3) is 3.26. The summed E-state index contributed by atoms with van der Waals surface area (Å²) in [5.74, 6) is 0.779. The normalized spacial score (nSPS) is 20.6. The zero-order valence-corrected chi connectivity index (χ0v) is 11.9. The van der Waals surface area contributed by atoms with Crippen LogP contribution >= 0.6 is 0 Å². The summed E-state index contributed by atoms with van der Waals surface area (Å²) in [5.41, 5.74) is 2.99. The van der Waals surface area contributed by atoms with Crippen molar-refractivity contribution < 1.29 is 0 Å². The summed E-state index contributed by atoms with van der Waals surface area (Å²) >= 11 is 0.